The summed E-state index contributed by atoms with van der Waals surface area (Å²) in [6, 6.07) is 20.6. The number of hydrogen-bond donors (Lipinski definition) is 2. The maximum absolute atomic E-state index is 10.5. The zero-order chi connectivity index (χ0) is 15.6. The average molecular weight is 297 g/mol. The molecule has 1 fully saturated rings. The Labute approximate surface area is 131 Å². The third-order valence-electron chi connectivity index (χ3n) is 4.54. The van der Waals surface area contributed by atoms with Crippen molar-refractivity contribution in [3.05, 3.63) is 71.8 Å². The Morgan fingerprint density at radius 1 is 1.05 bits per heavy atom. The molecule has 1 aliphatic heterocycles. The van der Waals surface area contributed by atoms with Crippen molar-refractivity contribution in [3.63, 3.8) is 0 Å². The minimum atomic E-state index is -1.07. The van der Waals surface area contributed by atoms with Crippen LogP contribution in [0.5, 0.6) is 0 Å². The number of benzene rings is 2. The van der Waals surface area contributed by atoms with Crippen LogP contribution in [0.1, 0.15) is 30.5 Å². The molecule has 116 valence electrons. The quantitative estimate of drug-likeness (QED) is 0.915. The van der Waals surface area contributed by atoms with Crippen LogP contribution in [0, 0.1) is 0 Å². The summed E-state index contributed by atoms with van der Waals surface area (Å²) in [6.07, 6.45) is -0.158. The van der Waals surface area contributed by atoms with Gasteiger partial charge in [-0.2, -0.15) is 0 Å². The lowest BCUT2D eigenvalue weighted by Crippen LogP contribution is -2.55. The van der Waals surface area contributed by atoms with Crippen LogP contribution in [0.2, 0.25) is 0 Å². The van der Waals surface area contributed by atoms with E-state index in [1.165, 1.54) is 11.1 Å². The second-order valence-corrected chi connectivity index (χ2v) is 6.43. The fraction of sp³-hybridized carbons (Fsp3) is 0.368. The van der Waals surface area contributed by atoms with Crippen LogP contribution in [0.4, 0.5) is 0 Å². The van der Waals surface area contributed by atoms with Gasteiger partial charge in [0.1, 0.15) is 5.60 Å². The van der Waals surface area contributed by atoms with E-state index in [2.05, 4.69) is 29.2 Å². The number of nitrogens with zero attached hydrogens (tertiary/aromatic N) is 1. The monoisotopic (exact) mass is 297 g/mol. The largest absolute Gasteiger partial charge is 0.390 e. The van der Waals surface area contributed by atoms with E-state index >= 15 is 0 Å². The first-order chi connectivity index (χ1) is 10.6. The summed E-state index contributed by atoms with van der Waals surface area (Å²) < 4.78 is 0. The summed E-state index contributed by atoms with van der Waals surface area (Å²) in [7, 11) is 0. The molecule has 0 amide bonds. The zero-order valence-corrected chi connectivity index (χ0v) is 12.9. The summed E-state index contributed by atoms with van der Waals surface area (Å²) in [5.74, 6) is 0. The van der Waals surface area contributed by atoms with Gasteiger partial charge in [-0.3, -0.25) is 4.90 Å². The summed E-state index contributed by atoms with van der Waals surface area (Å²) in [5, 5.41) is 20.7. The summed E-state index contributed by atoms with van der Waals surface area (Å²) in [5.41, 5.74) is 1.34. The molecule has 0 aromatic heterocycles. The lowest BCUT2D eigenvalue weighted by molar-refractivity contribution is -0.129. The molecule has 3 rings (SSSR count). The molecule has 1 heterocycles. The molecule has 2 N–H and O–H groups in total. The van der Waals surface area contributed by atoms with Gasteiger partial charge in [0.05, 0.1) is 6.10 Å². The van der Waals surface area contributed by atoms with E-state index in [1.807, 2.05) is 36.4 Å². The molecular weight excluding hydrogens is 274 g/mol. The highest BCUT2D eigenvalue weighted by Gasteiger charge is 2.42. The summed E-state index contributed by atoms with van der Waals surface area (Å²) >= 11 is 0. The normalized spacial score (nSPS) is 29.4. The van der Waals surface area contributed by atoms with Crippen molar-refractivity contribution in [3.8, 4) is 0 Å². The van der Waals surface area contributed by atoms with Crippen molar-refractivity contribution in [1.82, 2.24) is 4.90 Å². The molecule has 1 aliphatic rings. The smallest absolute Gasteiger partial charge is 0.100 e. The average Bonchev–Trinajstić information content (AvgIpc) is 2.52. The Morgan fingerprint density at radius 2 is 1.64 bits per heavy atom. The van der Waals surface area contributed by atoms with Crippen molar-refractivity contribution in [2.24, 2.45) is 0 Å². The van der Waals surface area contributed by atoms with Crippen LogP contribution in [-0.2, 0) is 6.54 Å². The zero-order valence-electron chi connectivity index (χ0n) is 12.9. The molecule has 3 nitrogen and oxygen atoms in total. The van der Waals surface area contributed by atoms with E-state index in [4.69, 9.17) is 0 Å². The third kappa shape index (κ3) is 3.22. The lowest BCUT2D eigenvalue weighted by Gasteiger charge is -2.46. The van der Waals surface area contributed by atoms with Gasteiger partial charge in [-0.1, -0.05) is 60.7 Å². The molecular formula is C19H23NO2. The van der Waals surface area contributed by atoms with Crippen LogP contribution in [0.3, 0.4) is 0 Å². The molecule has 0 unspecified atom stereocenters. The van der Waals surface area contributed by atoms with E-state index < -0.39 is 11.7 Å². The van der Waals surface area contributed by atoms with E-state index in [1.54, 1.807) is 6.92 Å². The third-order valence-corrected chi connectivity index (χ3v) is 4.54. The number of β-amino-alcohol motifs (C(OH)–C–C–N with tert-alkyl or cyclic N) is 1. The van der Waals surface area contributed by atoms with Gasteiger partial charge in [-0.05, 0) is 24.5 Å². The number of hydrogen-bond acceptors (Lipinski definition) is 3. The first-order valence-electron chi connectivity index (χ1n) is 7.79. The van der Waals surface area contributed by atoms with Crippen molar-refractivity contribution < 1.29 is 10.2 Å². The topological polar surface area (TPSA) is 43.7 Å². The van der Waals surface area contributed by atoms with Gasteiger partial charge in [0.25, 0.3) is 0 Å². The van der Waals surface area contributed by atoms with Gasteiger partial charge < -0.3 is 10.2 Å². The van der Waals surface area contributed by atoms with Crippen molar-refractivity contribution in [2.75, 3.05) is 6.54 Å². The predicted octanol–water partition coefficient (Wildman–Crippen LogP) is 2.75. The minimum absolute atomic E-state index is 0.122. The first kappa shape index (κ1) is 15.2. The Morgan fingerprint density at radius 3 is 2.27 bits per heavy atom. The van der Waals surface area contributed by atoms with Gasteiger partial charge in [-0.25, -0.2) is 0 Å². The number of aliphatic hydroxyl groups excluding tert-OH is 1. The molecule has 0 bridgehead atoms. The van der Waals surface area contributed by atoms with Crippen LogP contribution < -0.4 is 0 Å². The Kier molecular flexibility index (Phi) is 4.30. The Balaban J connectivity index is 1.88. The van der Waals surface area contributed by atoms with Gasteiger partial charge in [0, 0.05) is 19.1 Å². The molecule has 0 aliphatic carbocycles. The van der Waals surface area contributed by atoms with Crippen LogP contribution in [-0.4, -0.2) is 33.4 Å². The summed E-state index contributed by atoms with van der Waals surface area (Å²) in [4.78, 5) is 2.26. The van der Waals surface area contributed by atoms with E-state index in [0.29, 0.717) is 13.0 Å². The number of piperidine rings is 1. The van der Waals surface area contributed by atoms with Crippen LogP contribution in [0.15, 0.2) is 60.7 Å². The van der Waals surface area contributed by atoms with Gasteiger partial charge in [0.15, 0.2) is 0 Å². The first-order valence-corrected chi connectivity index (χ1v) is 7.79. The van der Waals surface area contributed by atoms with Gasteiger partial charge in [-0.15, -0.1) is 0 Å². The van der Waals surface area contributed by atoms with Gasteiger partial charge in [0.2, 0.25) is 0 Å². The van der Waals surface area contributed by atoms with E-state index in [0.717, 1.165) is 6.54 Å². The molecule has 0 spiro atoms. The number of aliphatic hydroxyl groups is 2. The highest BCUT2D eigenvalue weighted by atomic mass is 16.3. The van der Waals surface area contributed by atoms with Gasteiger partial charge >= 0.3 is 0 Å². The Hall–Kier alpha value is -1.68. The molecule has 0 saturated carbocycles. The minimum Gasteiger partial charge on any atom is -0.390 e. The molecule has 3 atom stereocenters. The molecule has 2 aromatic carbocycles. The second kappa shape index (κ2) is 6.21. The second-order valence-electron chi connectivity index (χ2n) is 6.43. The van der Waals surface area contributed by atoms with Crippen LogP contribution >= 0.6 is 0 Å². The molecule has 3 heteroatoms. The summed E-state index contributed by atoms with van der Waals surface area (Å²) in [6.45, 7) is 2.95. The van der Waals surface area contributed by atoms with E-state index in [-0.39, 0.29) is 6.04 Å². The van der Waals surface area contributed by atoms with E-state index in [9.17, 15) is 10.2 Å². The molecule has 2 aromatic rings. The number of likely N-dealkylation sites (tertiary alicyclic amines) is 1. The molecule has 22 heavy (non-hydrogen) atoms. The predicted molar refractivity (Wildman–Crippen MR) is 87.3 cm³/mol. The Bertz CT molecular complexity index is 597. The molecule has 1 saturated heterocycles. The highest BCUT2D eigenvalue weighted by molar-refractivity contribution is 5.22. The van der Waals surface area contributed by atoms with Crippen LogP contribution in [0.25, 0.3) is 0 Å². The standard InChI is InChI=1S/C19H23NO2/c1-19(22)14-20(13-15-8-4-2-5-9-15)17(12-18(19)21)16-10-6-3-7-11-16/h2-11,17-18,21-22H,12-14H2,1H3/t17-,18-,19-/m0/s1. The fourth-order valence-electron chi connectivity index (χ4n) is 3.25. The molecule has 0 radical (unpaired) electrons. The fourth-order valence-corrected chi connectivity index (χ4v) is 3.25. The lowest BCUT2D eigenvalue weighted by atomic mass is 9.84. The number of rotatable bonds is 3. The van der Waals surface area contributed by atoms with Crippen molar-refractivity contribution >= 4 is 0 Å². The maximum Gasteiger partial charge on any atom is 0.100 e. The van der Waals surface area contributed by atoms with Crippen molar-refractivity contribution in [2.45, 2.75) is 37.6 Å². The van der Waals surface area contributed by atoms with Crippen molar-refractivity contribution in [1.29, 1.82) is 0 Å². The maximum atomic E-state index is 10.5. The SMILES string of the molecule is C[C@]1(O)CN(Cc2ccccc2)[C@H](c2ccccc2)C[C@@H]1O. The highest BCUT2D eigenvalue weighted by Crippen LogP contribution is 2.36.